The molecule has 6 heteroatoms. The fourth-order valence-corrected chi connectivity index (χ4v) is 4.14. The molecular formula is C25H20ClNO4. The van der Waals surface area contributed by atoms with E-state index in [1.165, 1.54) is 17.0 Å². The lowest BCUT2D eigenvalue weighted by Crippen LogP contribution is -2.29. The van der Waals surface area contributed by atoms with Gasteiger partial charge >= 0.3 is 0 Å². The second-order valence-corrected chi connectivity index (χ2v) is 8.00. The number of Topliss-reactive ketones (excluding diaryl/α,β-unsaturated/α-hetero) is 1. The predicted octanol–water partition coefficient (Wildman–Crippen LogP) is 5.29. The van der Waals surface area contributed by atoms with Crippen molar-refractivity contribution in [3.63, 3.8) is 0 Å². The number of hydrogen-bond acceptors (Lipinski definition) is 4. The molecule has 0 aromatic heterocycles. The number of carbonyl (C=O) groups is 2. The molecule has 2 N–H and O–H groups in total. The molecule has 31 heavy (non-hydrogen) atoms. The number of amides is 1. The van der Waals surface area contributed by atoms with Crippen molar-refractivity contribution in [3.05, 3.63) is 99.6 Å². The molecule has 3 aromatic rings. The van der Waals surface area contributed by atoms with Crippen molar-refractivity contribution < 1.29 is 19.8 Å². The van der Waals surface area contributed by atoms with Crippen LogP contribution in [0.15, 0.2) is 72.3 Å². The van der Waals surface area contributed by atoms with Crippen LogP contribution in [0.5, 0.6) is 5.75 Å². The highest BCUT2D eigenvalue weighted by Crippen LogP contribution is 2.43. The van der Waals surface area contributed by atoms with Crippen LogP contribution in [0.25, 0.3) is 5.76 Å². The fourth-order valence-electron chi connectivity index (χ4n) is 3.95. The van der Waals surface area contributed by atoms with Crippen molar-refractivity contribution in [3.8, 4) is 5.75 Å². The van der Waals surface area contributed by atoms with Gasteiger partial charge in [0.2, 0.25) is 0 Å². The van der Waals surface area contributed by atoms with Gasteiger partial charge in [0, 0.05) is 11.3 Å². The van der Waals surface area contributed by atoms with Crippen molar-refractivity contribution in [2.24, 2.45) is 0 Å². The molecule has 1 amide bonds. The van der Waals surface area contributed by atoms with E-state index >= 15 is 0 Å². The van der Waals surface area contributed by atoms with Crippen LogP contribution >= 0.6 is 11.6 Å². The molecule has 1 aliphatic rings. The van der Waals surface area contributed by atoms with Gasteiger partial charge in [-0.1, -0.05) is 54.1 Å². The summed E-state index contributed by atoms with van der Waals surface area (Å²) in [6.07, 6.45) is 0. The van der Waals surface area contributed by atoms with Crippen LogP contribution < -0.4 is 4.90 Å². The maximum absolute atomic E-state index is 13.2. The van der Waals surface area contributed by atoms with E-state index in [0.29, 0.717) is 16.8 Å². The van der Waals surface area contributed by atoms with Crippen LogP contribution in [0, 0.1) is 13.8 Å². The number of aliphatic hydroxyl groups excluding tert-OH is 1. The number of aromatic hydroxyl groups is 1. The van der Waals surface area contributed by atoms with Crippen LogP contribution in [-0.4, -0.2) is 21.9 Å². The number of halogens is 1. The summed E-state index contributed by atoms with van der Waals surface area (Å²) in [5.41, 5.74) is 3.30. The van der Waals surface area contributed by atoms with Crippen LogP contribution in [0.2, 0.25) is 5.02 Å². The molecular weight excluding hydrogens is 414 g/mol. The van der Waals surface area contributed by atoms with Crippen molar-refractivity contribution in [1.82, 2.24) is 0 Å². The maximum Gasteiger partial charge on any atom is 0.300 e. The van der Waals surface area contributed by atoms with E-state index in [2.05, 4.69) is 0 Å². The standard InChI is InChI=1S/C25H20ClNO4/c1-14-10-15(2)12-18(11-14)27-22(17-8-9-20(28)19(26)13-17)21(24(30)25(27)31)23(29)16-6-4-3-5-7-16/h3-13,22,28-29H,1-2H3/b23-21-. The molecule has 0 bridgehead atoms. The summed E-state index contributed by atoms with van der Waals surface area (Å²) < 4.78 is 0. The van der Waals surface area contributed by atoms with Crippen molar-refractivity contribution in [1.29, 1.82) is 0 Å². The summed E-state index contributed by atoms with van der Waals surface area (Å²) in [7, 11) is 0. The Morgan fingerprint density at radius 3 is 2.19 bits per heavy atom. The van der Waals surface area contributed by atoms with Gasteiger partial charge in [-0.3, -0.25) is 14.5 Å². The molecule has 0 spiro atoms. The Labute approximate surface area is 184 Å². The normalized spacial score (nSPS) is 17.9. The molecule has 3 aromatic carbocycles. The molecule has 0 aliphatic carbocycles. The van der Waals surface area contributed by atoms with Gasteiger partial charge in [-0.15, -0.1) is 0 Å². The van der Waals surface area contributed by atoms with E-state index < -0.39 is 17.7 Å². The molecule has 1 saturated heterocycles. The first-order valence-electron chi connectivity index (χ1n) is 9.71. The predicted molar refractivity (Wildman–Crippen MR) is 120 cm³/mol. The summed E-state index contributed by atoms with van der Waals surface area (Å²) in [5.74, 6) is -1.90. The van der Waals surface area contributed by atoms with E-state index in [0.717, 1.165) is 11.1 Å². The summed E-state index contributed by atoms with van der Waals surface area (Å²) in [4.78, 5) is 27.7. The van der Waals surface area contributed by atoms with Crippen LogP contribution in [0.3, 0.4) is 0 Å². The number of anilines is 1. The summed E-state index contributed by atoms with van der Waals surface area (Å²) >= 11 is 6.14. The molecule has 1 fully saturated rings. The van der Waals surface area contributed by atoms with E-state index in [1.54, 1.807) is 36.4 Å². The summed E-state index contributed by atoms with van der Waals surface area (Å²) in [6, 6.07) is 17.8. The first-order chi connectivity index (χ1) is 14.8. The quantitative estimate of drug-likeness (QED) is 0.334. The second-order valence-electron chi connectivity index (χ2n) is 7.59. The van der Waals surface area contributed by atoms with Crippen molar-refractivity contribution >= 4 is 34.7 Å². The van der Waals surface area contributed by atoms with E-state index in [9.17, 15) is 19.8 Å². The van der Waals surface area contributed by atoms with Gasteiger partial charge in [-0.2, -0.15) is 0 Å². The molecule has 4 rings (SSSR count). The largest absolute Gasteiger partial charge is 0.507 e. The number of carbonyl (C=O) groups excluding carboxylic acids is 2. The highest BCUT2D eigenvalue weighted by Gasteiger charge is 2.47. The Morgan fingerprint density at radius 1 is 0.935 bits per heavy atom. The lowest BCUT2D eigenvalue weighted by molar-refractivity contribution is -0.132. The average molecular weight is 434 g/mol. The van der Waals surface area contributed by atoms with Crippen molar-refractivity contribution in [2.45, 2.75) is 19.9 Å². The first-order valence-corrected chi connectivity index (χ1v) is 10.1. The van der Waals surface area contributed by atoms with Gasteiger partial charge in [0.1, 0.15) is 11.5 Å². The topological polar surface area (TPSA) is 77.8 Å². The van der Waals surface area contributed by atoms with Gasteiger partial charge in [0.05, 0.1) is 16.6 Å². The number of aryl methyl sites for hydroxylation is 2. The SMILES string of the molecule is Cc1cc(C)cc(N2C(=O)C(=O)/C(=C(\O)c3ccccc3)C2c2ccc(O)c(Cl)c2)c1. The number of benzene rings is 3. The van der Waals surface area contributed by atoms with E-state index in [-0.39, 0.29) is 22.1 Å². The number of hydrogen-bond donors (Lipinski definition) is 2. The first kappa shape index (κ1) is 20.7. The lowest BCUT2D eigenvalue weighted by atomic mass is 9.95. The molecule has 1 atom stereocenters. The number of rotatable bonds is 3. The summed E-state index contributed by atoms with van der Waals surface area (Å²) in [6.45, 7) is 3.81. The number of ketones is 1. The van der Waals surface area contributed by atoms with Gasteiger partial charge in [-0.05, 0) is 54.8 Å². The molecule has 1 aliphatic heterocycles. The monoisotopic (exact) mass is 433 g/mol. The van der Waals surface area contributed by atoms with Gasteiger partial charge in [0.25, 0.3) is 11.7 Å². The van der Waals surface area contributed by atoms with Gasteiger partial charge in [-0.25, -0.2) is 0 Å². The Hall–Kier alpha value is -3.57. The average Bonchev–Trinajstić information content (AvgIpc) is 3.00. The fraction of sp³-hybridized carbons (Fsp3) is 0.120. The Balaban J connectivity index is 1.99. The molecule has 156 valence electrons. The Morgan fingerprint density at radius 2 is 1.58 bits per heavy atom. The molecule has 1 unspecified atom stereocenters. The third kappa shape index (κ3) is 3.68. The summed E-state index contributed by atoms with van der Waals surface area (Å²) in [5, 5.41) is 21.0. The minimum atomic E-state index is -0.903. The minimum Gasteiger partial charge on any atom is -0.507 e. The maximum atomic E-state index is 13.2. The zero-order valence-corrected chi connectivity index (χ0v) is 17.7. The smallest absolute Gasteiger partial charge is 0.300 e. The van der Waals surface area contributed by atoms with Crippen molar-refractivity contribution in [2.75, 3.05) is 4.90 Å². The highest BCUT2D eigenvalue weighted by molar-refractivity contribution is 6.51. The minimum absolute atomic E-state index is 0.0304. The van der Waals surface area contributed by atoms with E-state index in [1.807, 2.05) is 32.0 Å². The van der Waals surface area contributed by atoms with Crippen LogP contribution in [0.1, 0.15) is 28.3 Å². The third-order valence-corrected chi connectivity index (χ3v) is 5.57. The number of nitrogens with zero attached hydrogens (tertiary/aromatic N) is 1. The third-order valence-electron chi connectivity index (χ3n) is 5.26. The zero-order valence-electron chi connectivity index (χ0n) is 17.0. The van der Waals surface area contributed by atoms with Crippen LogP contribution in [-0.2, 0) is 9.59 Å². The molecule has 0 radical (unpaired) electrons. The second kappa shape index (κ2) is 7.93. The van der Waals surface area contributed by atoms with Gasteiger partial charge in [0.15, 0.2) is 0 Å². The zero-order chi connectivity index (χ0) is 22.3. The molecule has 0 saturated carbocycles. The van der Waals surface area contributed by atoms with Gasteiger partial charge < -0.3 is 10.2 Å². The van der Waals surface area contributed by atoms with E-state index in [4.69, 9.17) is 11.6 Å². The highest BCUT2D eigenvalue weighted by atomic mass is 35.5. The molecule has 5 nitrogen and oxygen atoms in total. The Kier molecular flexibility index (Phi) is 5.29. The molecule has 1 heterocycles. The van der Waals surface area contributed by atoms with Crippen LogP contribution in [0.4, 0.5) is 5.69 Å². The number of phenolic OH excluding ortho intramolecular Hbond substituents is 1. The number of phenols is 1. The Bertz CT molecular complexity index is 1210. The number of aliphatic hydroxyl groups is 1. The lowest BCUT2D eigenvalue weighted by Gasteiger charge is -2.26.